The zero-order valence-electron chi connectivity index (χ0n) is 15.8. The smallest absolute Gasteiger partial charge is 0.118 e. The Morgan fingerprint density at radius 2 is 1.81 bits per heavy atom. The van der Waals surface area contributed by atoms with Crippen molar-refractivity contribution >= 4 is 24.5 Å². The minimum Gasteiger partial charge on any atom is -0.497 e. The SMILES string of the molecule is COc1ccc2c(c1)[Si](C)(C)C1=CC(=N)C=CC1=C2c1ccccc1CO. The molecule has 27 heavy (non-hydrogen) atoms. The van der Waals surface area contributed by atoms with Crippen LogP contribution in [-0.2, 0) is 6.61 Å². The molecule has 0 saturated heterocycles. The Bertz CT molecular complexity index is 1040. The van der Waals surface area contributed by atoms with E-state index in [1.54, 1.807) is 7.11 Å². The summed E-state index contributed by atoms with van der Waals surface area (Å²) in [5, 5.41) is 20.7. The lowest BCUT2D eigenvalue weighted by Crippen LogP contribution is -2.49. The van der Waals surface area contributed by atoms with Crippen molar-refractivity contribution in [3.63, 3.8) is 0 Å². The number of nitrogens with one attached hydrogen (secondary N) is 1. The van der Waals surface area contributed by atoms with Gasteiger partial charge in [0.25, 0.3) is 0 Å². The molecule has 3 nitrogen and oxygen atoms in total. The molecule has 0 atom stereocenters. The number of allylic oxidation sites excluding steroid dienone is 5. The summed E-state index contributed by atoms with van der Waals surface area (Å²) in [6, 6.07) is 14.3. The first-order chi connectivity index (χ1) is 13.0. The van der Waals surface area contributed by atoms with Crippen molar-refractivity contribution in [2.24, 2.45) is 0 Å². The third-order valence-electron chi connectivity index (χ3n) is 5.59. The van der Waals surface area contributed by atoms with Crippen LogP contribution in [0.1, 0.15) is 16.7 Å². The van der Waals surface area contributed by atoms with E-state index in [2.05, 4.69) is 37.4 Å². The van der Waals surface area contributed by atoms with Crippen molar-refractivity contribution in [2.75, 3.05) is 7.11 Å². The second-order valence-corrected chi connectivity index (χ2v) is 11.8. The second-order valence-electron chi connectivity index (χ2n) is 7.49. The Balaban J connectivity index is 2.11. The Hall–Kier alpha value is -2.69. The normalized spacial score (nSPS) is 17.3. The monoisotopic (exact) mass is 373 g/mol. The van der Waals surface area contributed by atoms with Crippen LogP contribution in [0.5, 0.6) is 5.75 Å². The molecule has 0 aromatic heterocycles. The van der Waals surface area contributed by atoms with E-state index in [4.69, 9.17) is 10.1 Å². The van der Waals surface area contributed by atoms with E-state index in [9.17, 15) is 5.11 Å². The standard InChI is InChI=1S/C23H23NO2Si/c1-26-17-9-11-20-22(13-17)27(2,3)21-12-16(24)8-10-19(21)23(20)18-7-5-4-6-15(18)14-25/h4-13,24-25H,14H2,1-3H3. The van der Waals surface area contributed by atoms with Gasteiger partial charge in [-0.25, -0.2) is 0 Å². The van der Waals surface area contributed by atoms with E-state index in [1.807, 2.05) is 36.4 Å². The molecule has 2 aliphatic rings. The lowest BCUT2D eigenvalue weighted by atomic mass is 9.87. The number of aliphatic hydroxyl groups is 1. The average molecular weight is 374 g/mol. The first kappa shape index (κ1) is 17.7. The summed E-state index contributed by atoms with van der Waals surface area (Å²) >= 11 is 0. The van der Waals surface area contributed by atoms with Gasteiger partial charge in [-0.15, -0.1) is 0 Å². The zero-order valence-corrected chi connectivity index (χ0v) is 16.8. The predicted octanol–water partition coefficient (Wildman–Crippen LogP) is 3.97. The molecule has 0 spiro atoms. The molecule has 2 aromatic carbocycles. The Kier molecular flexibility index (Phi) is 4.25. The summed E-state index contributed by atoms with van der Waals surface area (Å²) in [4.78, 5) is 0. The van der Waals surface area contributed by atoms with E-state index in [1.165, 1.54) is 21.5 Å². The van der Waals surface area contributed by atoms with Crippen molar-refractivity contribution in [3.05, 3.63) is 88.2 Å². The summed E-state index contributed by atoms with van der Waals surface area (Å²) in [5.41, 5.74) is 6.03. The minimum absolute atomic E-state index is 0.00214. The van der Waals surface area contributed by atoms with Gasteiger partial charge >= 0.3 is 0 Å². The molecule has 2 aromatic rings. The summed E-state index contributed by atoms with van der Waals surface area (Å²) in [6.45, 7) is 4.66. The van der Waals surface area contributed by atoms with E-state index in [-0.39, 0.29) is 6.61 Å². The van der Waals surface area contributed by atoms with E-state index in [0.29, 0.717) is 5.71 Å². The van der Waals surface area contributed by atoms with Gasteiger partial charge in [0.15, 0.2) is 0 Å². The molecule has 0 bridgehead atoms. The summed E-state index contributed by atoms with van der Waals surface area (Å²) in [7, 11) is -0.301. The molecule has 4 heteroatoms. The Morgan fingerprint density at radius 3 is 2.56 bits per heavy atom. The third-order valence-corrected chi connectivity index (χ3v) is 9.11. The maximum absolute atomic E-state index is 9.92. The number of hydrogen-bond donors (Lipinski definition) is 2. The number of ether oxygens (including phenoxy) is 1. The summed E-state index contributed by atoms with van der Waals surface area (Å²) in [6.07, 6.45) is 5.95. The van der Waals surface area contributed by atoms with Crippen LogP contribution < -0.4 is 9.92 Å². The first-order valence-corrected chi connectivity index (χ1v) is 12.1. The average Bonchev–Trinajstić information content (AvgIpc) is 2.69. The van der Waals surface area contributed by atoms with Crippen LogP contribution in [0.15, 0.2) is 71.5 Å². The molecule has 136 valence electrons. The maximum Gasteiger partial charge on any atom is 0.118 e. The second kappa shape index (κ2) is 6.48. The lowest BCUT2D eigenvalue weighted by molar-refractivity contribution is 0.281. The lowest BCUT2D eigenvalue weighted by Gasteiger charge is -2.38. The van der Waals surface area contributed by atoms with Crippen molar-refractivity contribution in [2.45, 2.75) is 19.7 Å². The van der Waals surface area contributed by atoms with Crippen LogP contribution in [0.25, 0.3) is 5.57 Å². The van der Waals surface area contributed by atoms with Gasteiger partial charge in [0.2, 0.25) is 0 Å². The van der Waals surface area contributed by atoms with Crippen LogP contribution in [-0.4, -0.2) is 26.0 Å². The predicted molar refractivity (Wildman–Crippen MR) is 113 cm³/mol. The van der Waals surface area contributed by atoms with Crippen molar-refractivity contribution in [1.82, 2.24) is 0 Å². The van der Waals surface area contributed by atoms with E-state index >= 15 is 0 Å². The number of rotatable bonds is 3. The topological polar surface area (TPSA) is 53.3 Å². The van der Waals surface area contributed by atoms with Crippen LogP contribution in [0, 0.1) is 5.41 Å². The maximum atomic E-state index is 9.92. The highest BCUT2D eigenvalue weighted by molar-refractivity contribution is 6.98. The fourth-order valence-electron chi connectivity index (χ4n) is 4.15. The quantitative estimate of drug-likeness (QED) is 0.800. The molecular formula is C23H23NO2Si. The van der Waals surface area contributed by atoms with E-state index < -0.39 is 8.07 Å². The van der Waals surface area contributed by atoms with E-state index in [0.717, 1.165) is 22.4 Å². The number of hydrogen-bond acceptors (Lipinski definition) is 3. The molecule has 0 fully saturated rings. The van der Waals surface area contributed by atoms with Gasteiger partial charge in [0.1, 0.15) is 13.8 Å². The number of fused-ring (bicyclic) bond motifs is 2. The fourth-order valence-corrected chi connectivity index (χ4v) is 7.22. The first-order valence-electron chi connectivity index (χ1n) is 9.09. The molecule has 1 aliphatic carbocycles. The van der Waals surface area contributed by atoms with Gasteiger partial charge in [0.05, 0.1) is 19.4 Å². The summed E-state index contributed by atoms with van der Waals surface area (Å²) < 4.78 is 5.51. The van der Waals surface area contributed by atoms with Crippen LogP contribution >= 0.6 is 0 Å². The van der Waals surface area contributed by atoms with Gasteiger partial charge in [-0.2, -0.15) is 0 Å². The third kappa shape index (κ3) is 2.73. The highest BCUT2D eigenvalue weighted by Crippen LogP contribution is 2.42. The molecule has 1 aliphatic heterocycles. The summed E-state index contributed by atoms with van der Waals surface area (Å²) in [5.74, 6) is 0.856. The van der Waals surface area contributed by atoms with Crippen molar-refractivity contribution in [3.8, 4) is 5.75 Å². The molecule has 0 unspecified atom stereocenters. The van der Waals surface area contributed by atoms with Crippen LogP contribution in [0.4, 0.5) is 0 Å². The van der Waals surface area contributed by atoms with Crippen LogP contribution in [0.2, 0.25) is 13.1 Å². The molecule has 0 amide bonds. The molecule has 0 radical (unpaired) electrons. The molecule has 4 rings (SSSR count). The van der Waals surface area contributed by atoms with Gasteiger partial charge in [-0.3, -0.25) is 0 Å². The van der Waals surface area contributed by atoms with Crippen LogP contribution in [0.3, 0.4) is 0 Å². The minimum atomic E-state index is -2.00. The van der Waals surface area contributed by atoms with Crippen molar-refractivity contribution in [1.29, 1.82) is 5.41 Å². The Labute approximate surface area is 160 Å². The number of benzene rings is 2. The molecular weight excluding hydrogens is 350 g/mol. The zero-order chi connectivity index (χ0) is 19.2. The fraction of sp³-hybridized carbons (Fsp3) is 0.174. The van der Waals surface area contributed by atoms with Gasteiger partial charge in [0, 0.05) is 0 Å². The van der Waals surface area contributed by atoms with Gasteiger partial charge in [-0.1, -0.05) is 49.5 Å². The molecule has 0 saturated carbocycles. The van der Waals surface area contributed by atoms with Gasteiger partial charge in [-0.05, 0) is 62.5 Å². The molecule has 2 N–H and O–H groups in total. The number of aliphatic hydroxyl groups excluding tert-OH is 1. The van der Waals surface area contributed by atoms with Gasteiger partial charge < -0.3 is 15.3 Å². The largest absolute Gasteiger partial charge is 0.497 e. The highest BCUT2D eigenvalue weighted by atomic mass is 28.3. The number of methoxy groups -OCH3 is 1. The highest BCUT2D eigenvalue weighted by Gasteiger charge is 2.39. The Morgan fingerprint density at radius 1 is 1.04 bits per heavy atom. The van der Waals surface area contributed by atoms with Crippen molar-refractivity contribution < 1.29 is 9.84 Å². The molecule has 1 heterocycles.